The van der Waals surface area contributed by atoms with Gasteiger partial charge in [-0.15, -0.1) is 0 Å². The number of nitrogens with zero attached hydrogens (tertiary/aromatic N) is 3. The molecule has 0 aliphatic carbocycles. The van der Waals surface area contributed by atoms with Gasteiger partial charge in [-0.3, -0.25) is 24.6 Å². The molecule has 0 fully saturated rings. The van der Waals surface area contributed by atoms with E-state index < -0.39 is 29.6 Å². The van der Waals surface area contributed by atoms with Crippen molar-refractivity contribution in [3.8, 4) is 0 Å². The number of aromatic nitrogens is 2. The Morgan fingerprint density at radius 3 is 2.57 bits per heavy atom. The fourth-order valence-electron chi connectivity index (χ4n) is 2.21. The quantitative estimate of drug-likeness (QED) is 0.805. The zero-order valence-corrected chi connectivity index (χ0v) is 16.8. The van der Waals surface area contributed by atoms with Gasteiger partial charge in [-0.1, -0.05) is 5.16 Å². The van der Waals surface area contributed by atoms with E-state index in [4.69, 9.17) is 9.26 Å². The van der Waals surface area contributed by atoms with Crippen LogP contribution < -0.4 is 15.6 Å². The van der Waals surface area contributed by atoms with Gasteiger partial charge in [0, 0.05) is 19.3 Å². The number of amides is 3. The maximum atomic E-state index is 12.7. The molecule has 2 aromatic rings. The van der Waals surface area contributed by atoms with Crippen molar-refractivity contribution in [2.24, 2.45) is 0 Å². The van der Waals surface area contributed by atoms with Gasteiger partial charge in [-0.25, -0.2) is 4.79 Å². The predicted molar refractivity (Wildman–Crippen MR) is 102 cm³/mol. The van der Waals surface area contributed by atoms with Crippen molar-refractivity contribution >= 4 is 23.7 Å². The van der Waals surface area contributed by atoms with E-state index in [2.05, 4.69) is 15.9 Å². The molecule has 0 unspecified atom stereocenters. The zero-order valence-electron chi connectivity index (χ0n) is 16.8. The van der Waals surface area contributed by atoms with Crippen LogP contribution in [0.5, 0.6) is 0 Å². The van der Waals surface area contributed by atoms with Crippen LogP contribution in [-0.2, 0) is 9.53 Å². The van der Waals surface area contributed by atoms with Crippen molar-refractivity contribution in [1.82, 2.24) is 15.1 Å². The topological polar surface area (TPSA) is 119 Å². The first-order valence-electron chi connectivity index (χ1n) is 8.67. The SMILES string of the molecule is Cc1cc(N(C)C(=O)c2cccn2NC(=O)[C@H](C)NC(=O)OC(C)(C)C)no1. The van der Waals surface area contributed by atoms with Gasteiger partial charge in [0.2, 0.25) is 0 Å². The second-order valence-electron chi connectivity index (χ2n) is 7.27. The van der Waals surface area contributed by atoms with E-state index in [1.807, 2.05) is 0 Å². The maximum Gasteiger partial charge on any atom is 0.408 e. The number of ether oxygens (including phenoxy) is 1. The molecule has 1 atom stereocenters. The van der Waals surface area contributed by atoms with Gasteiger partial charge < -0.3 is 14.6 Å². The van der Waals surface area contributed by atoms with Crippen LogP contribution in [-0.4, -0.2) is 46.4 Å². The average Bonchev–Trinajstić information content (AvgIpc) is 3.20. The molecule has 28 heavy (non-hydrogen) atoms. The lowest BCUT2D eigenvalue weighted by Crippen LogP contribution is -2.46. The molecule has 152 valence electrons. The maximum absolute atomic E-state index is 12.7. The molecule has 2 aromatic heterocycles. The van der Waals surface area contributed by atoms with E-state index in [0.29, 0.717) is 11.6 Å². The Morgan fingerprint density at radius 1 is 1.32 bits per heavy atom. The van der Waals surface area contributed by atoms with Gasteiger partial charge in [-0.05, 0) is 46.8 Å². The van der Waals surface area contributed by atoms with Crippen LogP contribution in [0.25, 0.3) is 0 Å². The summed E-state index contributed by atoms with van der Waals surface area (Å²) >= 11 is 0. The first-order chi connectivity index (χ1) is 13.0. The minimum atomic E-state index is -0.879. The molecule has 0 radical (unpaired) electrons. The molecule has 10 heteroatoms. The van der Waals surface area contributed by atoms with E-state index in [0.717, 1.165) is 0 Å². The molecular weight excluding hydrogens is 366 g/mol. The molecule has 0 saturated heterocycles. The van der Waals surface area contributed by atoms with Crippen molar-refractivity contribution in [1.29, 1.82) is 0 Å². The van der Waals surface area contributed by atoms with Gasteiger partial charge in [0.25, 0.3) is 11.8 Å². The summed E-state index contributed by atoms with van der Waals surface area (Å²) in [6.07, 6.45) is 0.813. The van der Waals surface area contributed by atoms with Crippen molar-refractivity contribution < 1.29 is 23.6 Å². The van der Waals surface area contributed by atoms with E-state index >= 15 is 0 Å². The fourth-order valence-corrected chi connectivity index (χ4v) is 2.21. The summed E-state index contributed by atoms with van der Waals surface area (Å²) in [5.74, 6) is 0.00399. The Hall–Kier alpha value is -3.30. The number of rotatable bonds is 5. The Balaban J connectivity index is 2.04. The fraction of sp³-hybridized carbons (Fsp3) is 0.444. The lowest BCUT2D eigenvalue weighted by molar-refractivity contribution is -0.118. The number of nitrogens with one attached hydrogen (secondary N) is 2. The highest BCUT2D eigenvalue weighted by molar-refractivity contribution is 6.04. The molecular formula is C18H25N5O5. The van der Waals surface area contributed by atoms with Gasteiger partial charge in [-0.2, -0.15) is 0 Å². The van der Waals surface area contributed by atoms with Gasteiger partial charge >= 0.3 is 6.09 Å². The van der Waals surface area contributed by atoms with Crippen molar-refractivity contribution in [2.75, 3.05) is 17.4 Å². The van der Waals surface area contributed by atoms with Gasteiger partial charge in [0.15, 0.2) is 5.82 Å². The van der Waals surface area contributed by atoms with E-state index in [-0.39, 0.29) is 5.69 Å². The van der Waals surface area contributed by atoms with Crippen molar-refractivity contribution in [3.05, 3.63) is 35.9 Å². The number of aryl methyl sites for hydroxylation is 1. The third-order valence-corrected chi connectivity index (χ3v) is 3.59. The van der Waals surface area contributed by atoms with E-state index in [1.54, 1.807) is 52.9 Å². The molecule has 0 bridgehead atoms. The number of carbonyl (C=O) groups excluding carboxylic acids is 3. The van der Waals surface area contributed by atoms with E-state index in [9.17, 15) is 14.4 Å². The first kappa shape index (κ1) is 21.0. The summed E-state index contributed by atoms with van der Waals surface area (Å²) in [6, 6.07) is 3.91. The second-order valence-corrected chi connectivity index (χ2v) is 7.27. The average molecular weight is 391 g/mol. The minimum Gasteiger partial charge on any atom is -0.444 e. The lowest BCUT2D eigenvalue weighted by Gasteiger charge is -2.22. The highest BCUT2D eigenvalue weighted by Crippen LogP contribution is 2.15. The number of hydrogen-bond donors (Lipinski definition) is 2. The number of hydrogen-bond acceptors (Lipinski definition) is 6. The first-order valence-corrected chi connectivity index (χ1v) is 8.67. The normalized spacial score (nSPS) is 12.2. The molecule has 2 rings (SSSR count). The lowest BCUT2D eigenvalue weighted by atomic mass is 10.2. The van der Waals surface area contributed by atoms with E-state index in [1.165, 1.54) is 22.7 Å². The van der Waals surface area contributed by atoms with Crippen LogP contribution in [0.1, 0.15) is 43.9 Å². The summed E-state index contributed by atoms with van der Waals surface area (Å²) in [6.45, 7) is 8.40. The Kier molecular flexibility index (Phi) is 6.12. The molecule has 10 nitrogen and oxygen atoms in total. The Bertz CT molecular complexity index is 864. The summed E-state index contributed by atoms with van der Waals surface area (Å²) in [7, 11) is 1.55. The smallest absolute Gasteiger partial charge is 0.408 e. The minimum absolute atomic E-state index is 0.209. The summed E-state index contributed by atoms with van der Waals surface area (Å²) in [4.78, 5) is 38.2. The molecule has 0 spiro atoms. The molecule has 0 aliphatic rings. The monoisotopic (exact) mass is 391 g/mol. The van der Waals surface area contributed by atoms with Crippen LogP contribution in [0.2, 0.25) is 0 Å². The third-order valence-electron chi connectivity index (χ3n) is 3.59. The van der Waals surface area contributed by atoms with Gasteiger partial charge in [0.05, 0.1) is 0 Å². The molecule has 2 heterocycles. The predicted octanol–water partition coefficient (Wildman–Crippen LogP) is 2.04. The molecule has 3 amide bonds. The van der Waals surface area contributed by atoms with Crippen LogP contribution in [0.15, 0.2) is 28.9 Å². The Labute approximate surface area is 162 Å². The summed E-state index contributed by atoms with van der Waals surface area (Å²) < 4.78 is 11.4. The summed E-state index contributed by atoms with van der Waals surface area (Å²) in [5.41, 5.74) is 2.10. The highest BCUT2D eigenvalue weighted by Gasteiger charge is 2.24. The Morgan fingerprint density at radius 2 is 2.00 bits per heavy atom. The number of anilines is 1. The molecule has 0 aliphatic heterocycles. The molecule has 0 saturated carbocycles. The standard InChI is InChI=1S/C18H25N5O5/c1-11-10-14(21-28-11)22(6)16(25)13-8-7-9-23(13)20-15(24)12(2)19-17(26)27-18(3,4)5/h7-10,12H,1-6H3,(H,19,26)(H,20,24)/t12-/m0/s1. The van der Waals surface area contributed by atoms with Crippen molar-refractivity contribution in [2.45, 2.75) is 46.3 Å². The summed E-state index contributed by atoms with van der Waals surface area (Å²) in [5, 5.41) is 6.24. The largest absolute Gasteiger partial charge is 0.444 e. The second kappa shape index (κ2) is 8.15. The van der Waals surface area contributed by atoms with Crippen LogP contribution >= 0.6 is 0 Å². The highest BCUT2D eigenvalue weighted by atomic mass is 16.6. The van der Waals surface area contributed by atoms with Crippen LogP contribution in [0.3, 0.4) is 0 Å². The van der Waals surface area contributed by atoms with Crippen LogP contribution in [0, 0.1) is 6.92 Å². The third kappa shape index (κ3) is 5.35. The zero-order chi connectivity index (χ0) is 21.1. The molecule has 2 N–H and O–H groups in total. The van der Waals surface area contributed by atoms with Gasteiger partial charge in [0.1, 0.15) is 23.1 Å². The van der Waals surface area contributed by atoms with Crippen molar-refractivity contribution in [3.63, 3.8) is 0 Å². The molecule has 0 aromatic carbocycles. The number of carbonyl (C=O) groups is 3. The number of alkyl carbamates (subject to hydrolysis) is 1. The van der Waals surface area contributed by atoms with Crippen LogP contribution in [0.4, 0.5) is 10.6 Å².